The maximum Gasteiger partial charge on any atom is 0.340 e. The van der Waals surface area contributed by atoms with Crippen LogP contribution in [-0.4, -0.2) is 38.7 Å². The van der Waals surface area contributed by atoms with Crippen molar-refractivity contribution in [2.45, 2.75) is 57.1 Å². The largest absolute Gasteiger partial charge is 0.449 e. The highest BCUT2D eigenvalue weighted by molar-refractivity contribution is 7.90. The molecule has 0 radical (unpaired) electrons. The Hall–Kier alpha value is -1.60. The molecule has 0 heterocycles. The van der Waals surface area contributed by atoms with E-state index in [0.29, 0.717) is 11.8 Å². The highest BCUT2D eigenvalue weighted by atomic mass is 35.5. The minimum absolute atomic E-state index is 0.0408. The van der Waals surface area contributed by atoms with Crippen molar-refractivity contribution in [1.82, 2.24) is 5.32 Å². The van der Waals surface area contributed by atoms with Crippen LogP contribution in [0, 0.1) is 11.8 Å². The lowest BCUT2D eigenvalue weighted by atomic mass is 9.78. The summed E-state index contributed by atoms with van der Waals surface area (Å²) in [7, 11) is -3.50. The third-order valence-electron chi connectivity index (χ3n) is 5.27. The second-order valence-corrected chi connectivity index (χ2v) is 9.77. The first-order valence-electron chi connectivity index (χ1n) is 9.01. The summed E-state index contributed by atoms with van der Waals surface area (Å²) in [5, 5.41) is 3.03. The molecule has 0 saturated heterocycles. The number of ether oxygens (including phenoxy) is 1. The van der Waals surface area contributed by atoms with E-state index in [1.165, 1.54) is 19.1 Å². The Morgan fingerprint density at radius 1 is 1.26 bits per heavy atom. The standard InChI is InChI=1S/C19H26ClNO5S/c1-11-6-5-7-17(12(11)2)21-18(22)13(3)26-19(23)15-10-14(27(4,24)25)8-9-16(15)20/h8-13,17H,5-7H2,1-4H3,(H,21,22)/t11-,12+,13+,17+/m0/s1. The van der Waals surface area contributed by atoms with Crippen molar-refractivity contribution in [2.75, 3.05) is 6.26 Å². The number of carbonyl (C=O) groups excluding carboxylic acids is 2. The normalized spacial score (nSPS) is 24.1. The molecule has 0 spiro atoms. The van der Waals surface area contributed by atoms with Gasteiger partial charge in [0.15, 0.2) is 15.9 Å². The van der Waals surface area contributed by atoms with Crippen molar-refractivity contribution in [2.24, 2.45) is 11.8 Å². The van der Waals surface area contributed by atoms with Gasteiger partial charge in [-0.3, -0.25) is 4.79 Å². The fourth-order valence-corrected chi connectivity index (χ4v) is 4.10. The molecule has 27 heavy (non-hydrogen) atoms. The Bertz CT molecular complexity index is 823. The van der Waals surface area contributed by atoms with Crippen molar-refractivity contribution in [3.63, 3.8) is 0 Å². The third kappa shape index (κ3) is 5.45. The van der Waals surface area contributed by atoms with E-state index in [4.69, 9.17) is 16.3 Å². The number of hydrogen-bond donors (Lipinski definition) is 1. The van der Waals surface area contributed by atoms with Crippen LogP contribution in [0.2, 0.25) is 5.02 Å². The summed E-state index contributed by atoms with van der Waals surface area (Å²) in [6.07, 6.45) is 3.12. The van der Waals surface area contributed by atoms with E-state index in [1.807, 2.05) is 0 Å². The first kappa shape index (κ1) is 21.7. The quantitative estimate of drug-likeness (QED) is 0.745. The molecule has 0 unspecified atom stereocenters. The second kappa shape index (κ2) is 8.61. The van der Waals surface area contributed by atoms with Crippen LogP contribution in [0.1, 0.15) is 50.4 Å². The predicted octanol–water partition coefficient (Wildman–Crippen LogP) is 3.23. The van der Waals surface area contributed by atoms with Gasteiger partial charge in [-0.05, 0) is 43.4 Å². The molecular weight excluding hydrogens is 390 g/mol. The summed E-state index contributed by atoms with van der Waals surface area (Å²) in [6.45, 7) is 5.77. The van der Waals surface area contributed by atoms with E-state index < -0.39 is 21.9 Å². The highest BCUT2D eigenvalue weighted by Gasteiger charge is 2.30. The number of nitrogens with one attached hydrogen (secondary N) is 1. The molecule has 4 atom stereocenters. The Balaban J connectivity index is 2.06. The third-order valence-corrected chi connectivity index (χ3v) is 6.71. The molecule has 1 aromatic carbocycles. The maximum atomic E-state index is 12.4. The first-order valence-corrected chi connectivity index (χ1v) is 11.3. The molecule has 1 aromatic rings. The molecule has 1 amide bonds. The Morgan fingerprint density at radius 3 is 2.56 bits per heavy atom. The summed E-state index contributed by atoms with van der Waals surface area (Å²) in [6, 6.07) is 3.86. The van der Waals surface area contributed by atoms with E-state index >= 15 is 0 Å². The highest BCUT2D eigenvalue weighted by Crippen LogP contribution is 2.29. The maximum absolute atomic E-state index is 12.4. The predicted molar refractivity (Wildman–Crippen MR) is 104 cm³/mol. The Labute approximate surface area is 165 Å². The van der Waals surface area contributed by atoms with Crippen molar-refractivity contribution in [1.29, 1.82) is 0 Å². The van der Waals surface area contributed by atoms with Crippen molar-refractivity contribution in [3.8, 4) is 0 Å². The number of esters is 1. The number of benzene rings is 1. The van der Waals surface area contributed by atoms with Crippen LogP contribution in [0.3, 0.4) is 0 Å². The van der Waals surface area contributed by atoms with Crippen LogP contribution in [0.15, 0.2) is 23.1 Å². The van der Waals surface area contributed by atoms with E-state index in [9.17, 15) is 18.0 Å². The van der Waals surface area contributed by atoms with Crippen LogP contribution in [0.25, 0.3) is 0 Å². The van der Waals surface area contributed by atoms with Gasteiger partial charge >= 0.3 is 5.97 Å². The van der Waals surface area contributed by atoms with Gasteiger partial charge in [0.25, 0.3) is 5.91 Å². The van der Waals surface area contributed by atoms with E-state index in [-0.39, 0.29) is 27.4 Å². The Morgan fingerprint density at radius 2 is 1.93 bits per heavy atom. The fraction of sp³-hybridized carbons (Fsp3) is 0.579. The zero-order valence-electron chi connectivity index (χ0n) is 16.0. The molecule has 1 saturated carbocycles. The average Bonchev–Trinajstić information content (AvgIpc) is 2.58. The monoisotopic (exact) mass is 415 g/mol. The summed E-state index contributed by atoms with van der Waals surface area (Å²) in [5.74, 6) is -0.325. The van der Waals surface area contributed by atoms with Gasteiger partial charge in [-0.1, -0.05) is 38.3 Å². The molecule has 0 aliphatic heterocycles. The zero-order chi connectivity index (χ0) is 20.4. The van der Waals surface area contributed by atoms with E-state index in [2.05, 4.69) is 19.2 Å². The van der Waals surface area contributed by atoms with Crippen LogP contribution in [-0.2, 0) is 19.4 Å². The van der Waals surface area contributed by atoms with Gasteiger partial charge in [0.1, 0.15) is 0 Å². The van der Waals surface area contributed by atoms with Crippen LogP contribution in [0.5, 0.6) is 0 Å². The molecule has 6 nitrogen and oxygen atoms in total. The molecule has 1 fully saturated rings. The van der Waals surface area contributed by atoms with Crippen LogP contribution < -0.4 is 5.32 Å². The fourth-order valence-electron chi connectivity index (χ4n) is 3.25. The van der Waals surface area contributed by atoms with Gasteiger partial charge in [0.2, 0.25) is 0 Å². The summed E-state index contributed by atoms with van der Waals surface area (Å²) < 4.78 is 28.6. The minimum atomic E-state index is -3.50. The first-order chi connectivity index (χ1) is 12.5. The molecule has 1 aliphatic rings. The van der Waals surface area contributed by atoms with Crippen molar-refractivity contribution >= 4 is 33.3 Å². The number of halogens is 1. The van der Waals surface area contributed by atoms with Crippen LogP contribution >= 0.6 is 11.6 Å². The number of hydrogen-bond acceptors (Lipinski definition) is 5. The molecular formula is C19H26ClNO5S. The van der Waals surface area contributed by atoms with Gasteiger partial charge in [-0.2, -0.15) is 0 Å². The lowest BCUT2D eigenvalue weighted by Crippen LogP contribution is -2.47. The smallest absolute Gasteiger partial charge is 0.340 e. The van der Waals surface area contributed by atoms with E-state index in [0.717, 1.165) is 31.6 Å². The number of rotatable bonds is 5. The molecule has 150 valence electrons. The summed E-state index contributed by atoms with van der Waals surface area (Å²) in [4.78, 5) is 24.8. The summed E-state index contributed by atoms with van der Waals surface area (Å²) >= 11 is 6.00. The molecule has 0 aromatic heterocycles. The minimum Gasteiger partial charge on any atom is -0.449 e. The number of amides is 1. The molecule has 1 N–H and O–H groups in total. The van der Waals surface area contributed by atoms with Gasteiger partial charge in [0.05, 0.1) is 15.5 Å². The Kier molecular flexibility index (Phi) is 6.92. The van der Waals surface area contributed by atoms with Crippen LogP contribution in [0.4, 0.5) is 0 Å². The van der Waals surface area contributed by atoms with Gasteiger partial charge in [-0.15, -0.1) is 0 Å². The lowest BCUT2D eigenvalue weighted by molar-refractivity contribution is -0.130. The van der Waals surface area contributed by atoms with E-state index in [1.54, 1.807) is 0 Å². The van der Waals surface area contributed by atoms with Crippen molar-refractivity contribution < 1.29 is 22.7 Å². The second-order valence-electron chi connectivity index (χ2n) is 7.34. The number of carbonyl (C=O) groups is 2. The van der Waals surface area contributed by atoms with Gasteiger partial charge in [-0.25, -0.2) is 13.2 Å². The molecule has 1 aliphatic carbocycles. The van der Waals surface area contributed by atoms with Crippen molar-refractivity contribution in [3.05, 3.63) is 28.8 Å². The molecule has 2 rings (SSSR count). The number of sulfone groups is 1. The summed E-state index contributed by atoms with van der Waals surface area (Å²) in [5.41, 5.74) is -0.0844. The molecule has 0 bridgehead atoms. The topological polar surface area (TPSA) is 89.5 Å². The zero-order valence-corrected chi connectivity index (χ0v) is 17.6. The molecule has 8 heteroatoms. The average molecular weight is 416 g/mol. The van der Waals surface area contributed by atoms with Gasteiger partial charge in [0, 0.05) is 12.3 Å². The SMILES string of the molecule is C[C@@H]1[C@@H](C)CCC[C@H]1NC(=O)[C@@H](C)OC(=O)c1cc(S(C)(=O)=O)ccc1Cl. The van der Waals surface area contributed by atoms with Gasteiger partial charge < -0.3 is 10.1 Å². The lowest BCUT2D eigenvalue weighted by Gasteiger charge is -2.35.